The average Bonchev–Trinajstić information content (AvgIpc) is 2.93. The highest BCUT2D eigenvalue weighted by molar-refractivity contribution is 7.16. The summed E-state index contributed by atoms with van der Waals surface area (Å²) in [4.78, 5) is 13.5. The van der Waals surface area contributed by atoms with Crippen LogP contribution >= 0.6 is 22.9 Å². The molecule has 0 aliphatic carbocycles. The number of para-hydroxylation sites is 1. The molecule has 0 fully saturated rings. The van der Waals surface area contributed by atoms with Crippen molar-refractivity contribution in [3.05, 3.63) is 51.2 Å². The van der Waals surface area contributed by atoms with Gasteiger partial charge in [0.15, 0.2) is 0 Å². The van der Waals surface area contributed by atoms with Gasteiger partial charge in [-0.1, -0.05) is 29.8 Å². The van der Waals surface area contributed by atoms with Crippen molar-refractivity contribution in [1.29, 1.82) is 0 Å². The fourth-order valence-corrected chi connectivity index (χ4v) is 3.65. The third kappa shape index (κ3) is 3.22. The van der Waals surface area contributed by atoms with E-state index in [0.29, 0.717) is 6.54 Å². The number of carbonyl (C=O) groups is 1. The summed E-state index contributed by atoms with van der Waals surface area (Å²) in [6.07, 6.45) is 0.785. The Kier molecular flexibility index (Phi) is 4.17. The van der Waals surface area contributed by atoms with Gasteiger partial charge < -0.3 is 10.6 Å². The number of halogens is 1. The predicted octanol–water partition coefficient (Wildman–Crippen LogP) is 3.86. The third-order valence-electron chi connectivity index (χ3n) is 3.77. The predicted molar refractivity (Wildman–Crippen MR) is 88.0 cm³/mol. The van der Waals surface area contributed by atoms with Crippen LogP contribution in [0.1, 0.15) is 23.4 Å². The summed E-state index contributed by atoms with van der Waals surface area (Å²) in [6.45, 7) is 2.67. The van der Waals surface area contributed by atoms with Crippen molar-refractivity contribution in [1.82, 2.24) is 5.32 Å². The van der Waals surface area contributed by atoms with Crippen molar-refractivity contribution in [3.8, 4) is 0 Å². The Morgan fingerprint density at radius 3 is 2.95 bits per heavy atom. The molecule has 110 valence electrons. The van der Waals surface area contributed by atoms with Gasteiger partial charge in [-0.15, -0.1) is 11.3 Å². The molecule has 2 atom stereocenters. The number of hydrogen-bond acceptors (Lipinski definition) is 3. The molecular formula is C16H17ClN2OS. The van der Waals surface area contributed by atoms with Gasteiger partial charge in [0.05, 0.1) is 16.3 Å². The van der Waals surface area contributed by atoms with Crippen LogP contribution in [0.5, 0.6) is 0 Å². The van der Waals surface area contributed by atoms with Gasteiger partial charge >= 0.3 is 0 Å². The van der Waals surface area contributed by atoms with Crippen LogP contribution in [-0.2, 0) is 11.2 Å². The maximum absolute atomic E-state index is 12.4. The number of anilines is 1. The quantitative estimate of drug-likeness (QED) is 0.901. The number of amides is 1. The number of fused-ring (bicyclic) bond motifs is 1. The molecule has 2 unspecified atom stereocenters. The topological polar surface area (TPSA) is 41.1 Å². The van der Waals surface area contributed by atoms with Gasteiger partial charge in [0, 0.05) is 17.1 Å². The molecule has 2 N–H and O–H groups in total. The molecule has 1 aliphatic heterocycles. The Balaban J connectivity index is 1.64. The van der Waals surface area contributed by atoms with Crippen molar-refractivity contribution in [2.24, 2.45) is 5.92 Å². The first-order chi connectivity index (χ1) is 10.1. The first-order valence-electron chi connectivity index (χ1n) is 7.01. The normalized spacial score (nSPS) is 18.5. The van der Waals surface area contributed by atoms with E-state index in [9.17, 15) is 4.79 Å². The Hall–Kier alpha value is -1.52. The van der Waals surface area contributed by atoms with E-state index in [1.165, 1.54) is 16.9 Å². The van der Waals surface area contributed by atoms with Gasteiger partial charge in [0.1, 0.15) is 0 Å². The molecule has 0 bridgehead atoms. The Labute approximate surface area is 133 Å². The molecule has 21 heavy (non-hydrogen) atoms. The maximum atomic E-state index is 12.4. The molecule has 0 radical (unpaired) electrons. The van der Waals surface area contributed by atoms with Crippen LogP contribution in [0.3, 0.4) is 0 Å². The van der Waals surface area contributed by atoms with Crippen LogP contribution in [0.15, 0.2) is 36.4 Å². The van der Waals surface area contributed by atoms with E-state index in [2.05, 4.69) is 22.8 Å². The fourth-order valence-electron chi connectivity index (χ4n) is 2.59. The summed E-state index contributed by atoms with van der Waals surface area (Å²) in [5.41, 5.74) is 2.34. The lowest BCUT2D eigenvalue weighted by atomic mass is 9.93. The van der Waals surface area contributed by atoms with Crippen LogP contribution in [0.2, 0.25) is 4.34 Å². The van der Waals surface area contributed by atoms with Gasteiger partial charge in [-0.05, 0) is 37.1 Å². The number of benzene rings is 1. The number of carbonyl (C=O) groups excluding carboxylic acids is 1. The van der Waals surface area contributed by atoms with Crippen LogP contribution in [0.4, 0.5) is 5.69 Å². The minimum atomic E-state index is -0.0298. The molecular weight excluding hydrogens is 304 g/mol. The van der Waals surface area contributed by atoms with Crippen molar-refractivity contribution in [2.45, 2.75) is 19.4 Å². The second-order valence-electron chi connectivity index (χ2n) is 5.31. The Bertz CT molecular complexity index is 655. The molecule has 1 aromatic carbocycles. The number of rotatable bonds is 3. The summed E-state index contributed by atoms with van der Waals surface area (Å²) in [5.74, 6) is 0.0619. The number of hydrogen-bond donors (Lipinski definition) is 2. The largest absolute Gasteiger partial charge is 0.384 e. The lowest BCUT2D eigenvalue weighted by Crippen LogP contribution is -2.39. The van der Waals surface area contributed by atoms with Gasteiger partial charge in [0.25, 0.3) is 0 Å². The molecule has 5 heteroatoms. The summed E-state index contributed by atoms with van der Waals surface area (Å²) >= 11 is 7.45. The van der Waals surface area contributed by atoms with Gasteiger partial charge in [0.2, 0.25) is 5.91 Å². The average molecular weight is 321 g/mol. The van der Waals surface area contributed by atoms with E-state index in [-0.39, 0.29) is 17.9 Å². The standard InChI is InChI=1S/C16H17ClN2OS/c1-10(14-6-7-15(17)21-14)19-16(20)12-8-11-4-2-3-5-13(11)18-9-12/h2-7,10,12,18H,8-9H2,1H3,(H,19,20). The van der Waals surface area contributed by atoms with E-state index in [0.717, 1.165) is 21.3 Å². The Morgan fingerprint density at radius 1 is 1.38 bits per heavy atom. The van der Waals surface area contributed by atoms with E-state index in [1.807, 2.05) is 31.2 Å². The number of thiophene rings is 1. The molecule has 1 amide bonds. The lowest BCUT2D eigenvalue weighted by Gasteiger charge is -2.26. The van der Waals surface area contributed by atoms with E-state index in [4.69, 9.17) is 11.6 Å². The zero-order valence-electron chi connectivity index (χ0n) is 11.7. The monoisotopic (exact) mass is 320 g/mol. The second-order valence-corrected chi connectivity index (χ2v) is 7.06. The number of nitrogens with one attached hydrogen (secondary N) is 2. The third-order valence-corrected chi connectivity index (χ3v) is 5.19. The minimum absolute atomic E-state index is 0.00725. The zero-order valence-corrected chi connectivity index (χ0v) is 13.3. The fraction of sp³-hybridized carbons (Fsp3) is 0.312. The molecule has 0 spiro atoms. The smallest absolute Gasteiger partial charge is 0.225 e. The van der Waals surface area contributed by atoms with Crippen LogP contribution < -0.4 is 10.6 Å². The highest BCUT2D eigenvalue weighted by Gasteiger charge is 2.25. The molecule has 1 aliphatic rings. The van der Waals surface area contributed by atoms with Crippen LogP contribution in [0, 0.1) is 5.92 Å². The van der Waals surface area contributed by atoms with Crippen molar-refractivity contribution < 1.29 is 4.79 Å². The molecule has 3 nitrogen and oxygen atoms in total. The van der Waals surface area contributed by atoms with Gasteiger partial charge in [-0.3, -0.25) is 4.79 Å². The second kappa shape index (κ2) is 6.08. The lowest BCUT2D eigenvalue weighted by molar-refractivity contribution is -0.125. The van der Waals surface area contributed by atoms with E-state index in [1.54, 1.807) is 0 Å². The highest BCUT2D eigenvalue weighted by atomic mass is 35.5. The molecule has 1 aromatic heterocycles. The first-order valence-corrected chi connectivity index (χ1v) is 8.20. The van der Waals surface area contributed by atoms with Crippen molar-refractivity contribution in [2.75, 3.05) is 11.9 Å². The highest BCUT2D eigenvalue weighted by Crippen LogP contribution is 2.28. The van der Waals surface area contributed by atoms with E-state index >= 15 is 0 Å². The molecule has 3 rings (SSSR count). The SMILES string of the molecule is CC(NC(=O)C1CNc2ccccc2C1)c1ccc(Cl)s1. The maximum Gasteiger partial charge on any atom is 0.225 e. The van der Waals surface area contributed by atoms with Gasteiger partial charge in [-0.2, -0.15) is 0 Å². The summed E-state index contributed by atoms with van der Waals surface area (Å²) in [7, 11) is 0. The first kappa shape index (κ1) is 14.4. The Morgan fingerprint density at radius 2 is 2.19 bits per heavy atom. The molecule has 0 saturated carbocycles. The summed E-state index contributed by atoms with van der Waals surface area (Å²) in [6, 6.07) is 12.0. The van der Waals surface area contributed by atoms with Crippen LogP contribution in [0.25, 0.3) is 0 Å². The van der Waals surface area contributed by atoms with Crippen molar-refractivity contribution >= 4 is 34.5 Å². The molecule has 0 saturated heterocycles. The van der Waals surface area contributed by atoms with E-state index < -0.39 is 0 Å². The van der Waals surface area contributed by atoms with Gasteiger partial charge in [-0.25, -0.2) is 0 Å². The molecule has 2 aromatic rings. The summed E-state index contributed by atoms with van der Waals surface area (Å²) < 4.78 is 0.749. The van der Waals surface area contributed by atoms with Crippen molar-refractivity contribution in [3.63, 3.8) is 0 Å². The minimum Gasteiger partial charge on any atom is -0.384 e. The van der Waals surface area contributed by atoms with Crippen LogP contribution in [-0.4, -0.2) is 12.5 Å². The zero-order chi connectivity index (χ0) is 14.8. The molecule has 2 heterocycles. The summed E-state index contributed by atoms with van der Waals surface area (Å²) in [5, 5.41) is 6.41.